The molecule has 2 aromatic carbocycles. The minimum Gasteiger partial charge on any atom is -0.451 e. The van der Waals surface area contributed by atoms with Gasteiger partial charge in [-0.3, -0.25) is 24.0 Å². The number of amides is 4. The number of hydrogen-bond donors (Lipinski definition) is 4. The fraction of sp³-hybridized carbons (Fsp3) is 0.424. The first-order valence-corrected chi connectivity index (χ1v) is 15.1. The molecule has 1 aromatic heterocycles. The van der Waals surface area contributed by atoms with Crippen molar-refractivity contribution in [3.8, 4) is 0 Å². The van der Waals surface area contributed by atoms with Gasteiger partial charge in [0, 0.05) is 30.3 Å². The molecule has 10 heteroatoms. The number of carbonyl (C=O) groups is 5. The van der Waals surface area contributed by atoms with Gasteiger partial charge < -0.3 is 25.7 Å². The maximum absolute atomic E-state index is 13.8. The summed E-state index contributed by atoms with van der Waals surface area (Å²) >= 11 is 0. The van der Waals surface area contributed by atoms with E-state index in [1.165, 1.54) is 0 Å². The third kappa shape index (κ3) is 7.88. The Morgan fingerprint density at radius 1 is 0.860 bits per heavy atom. The number of Topliss-reactive ketones (excluding diaryl/α,β-unsaturated/α-hetero) is 1. The maximum atomic E-state index is 13.8. The molecular weight excluding hydrogens is 548 g/mol. The summed E-state index contributed by atoms with van der Waals surface area (Å²) in [5.74, 6) is -3.46. The van der Waals surface area contributed by atoms with Gasteiger partial charge in [-0.15, -0.1) is 0 Å². The molecule has 1 saturated heterocycles. The Morgan fingerprint density at radius 2 is 1.60 bits per heavy atom. The number of benzene rings is 2. The molecule has 2 fully saturated rings. The predicted molar refractivity (Wildman–Crippen MR) is 160 cm³/mol. The summed E-state index contributed by atoms with van der Waals surface area (Å²) in [5.41, 5.74) is 1.33. The second kappa shape index (κ2) is 14.1. The zero-order valence-corrected chi connectivity index (χ0v) is 24.1. The molecule has 0 spiro atoms. The van der Waals surface area contributed by atoms with Crippen molar-refractivity contribution < 1.29 is 28.4 Å². The van der Waals surface area contributed by atoms with Crippen molar-refractivity contribution in [2.45, 2.75) is 75.9 Å². The zero-order chi connectivity index (χ0) is 30.2. The molecule has 1 aliphatic heterocycles. The molecule has 3 atom stereocenters. The maximum Gasteiger partial charge on any atom is 0.289 e. The van der Waals surface area contributed by atoms with Gasteiger partial charge in [0.05, 0.1) is 6.04 Å². The Balaban J connectivity index is 1.35. The van der Waals surface area contributed by atoms with Gasteiger partial charge in [-0.05, 0) is 49.8 Å². The van der Waals surface area contributed by atoms with Crippen LogP contribution in [0.3, 0.4) is 0 Å². The standard InChI is InChI=1S/C33H38N4O6/c38-29(33(42)35-24-14-5-2-6-15-24)25(19-23-13-9-17-34-30(23)39)36-31(40)26(18-21-10-3-1-4-11-21)37-32(41)28-20-22-12-7-8-16-27(22)43-28/h1,3-4,7-8,10-12,16,20,23-26H,2,5-6,9,13-15,17-19H2,(H,34,39)(H,35,42)(H,36,40)(H,37,41)/t23-,25-,26-/m0/s1. The van der Waals surface area contributed by atoms with Gasteiger partial charge in [0.2, 0.25) is 17.6 Å². The number of rotatable bonds is 11. The van der Waals surface area contributed by atoms with Crippen LogP contribution < -0.4 is 21.3 Å². The first kappa shape index (κ1) is 30.0. The lowest BCUT2D eigenvalue weighted by molar-refractivity contribution is -0.141. The van der Waals surface area contributed by atoms with Crippen molar-refractivity contribution in [1.82, 2.24) is 21.3 Å². The number of piperidine rings is 1. The third-order valence-corrected chi connectivity index (χ3v) is 8.27. The second-order valence-corrected chi connectivity index (χ2v) is 11.5. The van der Waals surface area contributed by atoms with Crippen molar-refractivity contribution in [2.24, 2.45) is 5.92 Å². The first-order chi connectivity index (χ1) is 20.9. The quantitative estimate of drug-likeness (QED) is 0.254. The number of nitrogens with one attached hydrogen (secondary N) is 4. The lowest BCUT2D eigenvalue weighted by atomic mass is 9.89. The molecule has 2 heterocycles. The lowest BCUT2D eigenvalue weighted by Gasteiger charge is -2.28. The highest BCUT2D eigenvalue weighted by molar-refractivity contribution is 6.38. The van der Waals surface area contributed by atoms with E-state index in [1.54, 1.807) is 18.2 Å². The van der Waals surface area contributed by atoms with Crippen LogP contribution in [0, 0.1) is 5.92 Å². The third-order valence-electron chi connectivity index (χ3n) is 8.27. The Labute approximate surface area is 250 Å². The van der Waals surface area contributed by atoms with E-state index in [9.17, 15) is 24.0 Å². The lowest BCUT2D eigenvalue weighted by Crippen LogP contribution is -2.56. The van der Waals surface area contributed by atoms with Crippen LogP contribution in [0.5, 0.6) is 0 Å². The smallest absolute Gasteiger partial charge is 0.289 e. The summed E-state index contributed by atoms with van der Waals surface area (Å²) in [7, 11) is 0. The molecule has 1 saturated carbocycles. The number of carbonyl (C=O) groups excluding carboxylic acids is 5. The van der Waals surface area contributed by atoms with Crippen LogP contribution in [0.25, 0.3) is 11.0 Å². The Morgan fingerprint density at radius 3 is 2.35 bits per heavy atom. The van der Waals surface area contributed by atoms with E-state index in [0.717, 1.165) is 49.5 Å². The van der Waals surface area contributed by atoms with E-state index in [4.69, 9.17) is 4.42 Å². The van der Waals surface area contributed by atoms with Crippen LogP contribution in [0.1, 0.15) is 67.5 Å². The number of furan rings is 1. The molecule has 2 aliphatic rings. The fourth-order valence-electron chi connectivity index (χ4n) is 5.89. The molecule has 226 valence electrons. The minimum absolute atomic E-state index is 0.00985. The highest BCUT2D eigenvalue weighted by Crippen LogP contribution is 2.21. The molecule has 43 heavy (non-hydrogen) atoms. The number of ketones is 1. The molecule has 4 N–H and O–H groups in total. The van der Waals surface area contributed by atoms with Crippen molar-refractivity contribution in [2.75, 3.05) is 6.54 Å². The Bertz CT molecular complexity index is 1430. The number of para-hydroxylation sites is 1. The normalized spacial score (nSPS) is 18.7. The van der Waals surface area contributed by atoms with Crippen LogP contribution in [-0.2, 0) is 25.6 Å². The van der Waals surface area contributed by atoms with E-state index < -0.39 is 41.5 Å². The molecule has 0 bridgehead atoms. The Kier molecular flexibility index (Phi) is 9.86. The highest BCUT2D eigenvalue weighted by atomic mass is 16.3. The topological polar surface area (TPSA) is 147 Å². The van der Waals surface area contributed by atoms with Crippen molar-refractivity contribution in [1.29, 1.82) is 0 Å². The van der Waals surface area contributed by atoms with Gasteiger partial charge in [0.15, 0.2) is 5.76 Å². The van der Waals surface area contributed by atoms with Crippen LogP contribution in [0.2, 0.25) is 0 Å². The fourth-order valence-corrected chi connectivity index (χ4v) is 5.89. The van der Waals surface area contributed by atoms with Gasteiger partial charge in [-0.25, -0.2) is 0 Å². The summed E-state index contributed by atoms with van der Waals surface area (Å²) < 4.78 is 5.70. The van der Waals surface area contributed by atoms with Gasteiger partial charge in [0.25, 0.3) is 11.8 Å². The summed E-state index contributed by atoms with van der Waals surface area (Å²) in [6, 6.07) is 15.6. The molecule has 10 nitrogen and oxygen atoms in total. The zero-order valence-electron chi connectivity index (χ0n) is 24.1. The first-order valence-electron chi connectivity index (χ1n) is 15.1. The number of fused-ring (bicyclic) bond motifs is 1. The minimum atomic E-state index is -1.23. The van der Waals surface area contributed by atoms with Gasteiger partial charge in [0.1, 0.15) is 11.6 Å². The van der Waals surface area contributed by atoms with Crippen LogP contribution in [0.4, 0.5) is 0 Å². The second-order valence-electron chi connectivity index (χ2n) is 11.5. The van der Waals surface area contributed by atoms with Gasteiger partial charge in [-0.1, -0.05) is 67.8 Å². The average molecular weight is 587 g/mol. The molecule has 1 aliphatic carbocycles. The molecule has 0 radical (unpaired) electrons. The van der Waals surface area contributed by atoms with Crippen LogP contribution in [-0.4, -0.2) is 54.1 Å². The van der Waals surface area contributed by atoms with E-state index >= 15 is 0 Å². The van der Waals surface area contributed by atoms with Gasteiger partial charge >= 0.3 is 0 Å². The van der Waals surface area contributed by atoms with Crippen LogP contribution >= 0.6 is 0 Å². The van der Waals surface area contributed by atoms with Crippen molar-refractivity contribution >= 4 is 40.4 Å². The van der Waals surface area contributed by atoms with Crippen LogP contribution in [0.15, 0.2) is 65.1 Å². The van der Waals surface area contributed by atoms with E-state index in [-0.39, 0.29) is 30.6 Å². The largest absolute Gasteiger partial charge is 0.451 e. The SMILES string of the molecule is O=C(NC1CCCCC1)C(=O)[C@H](C[C@@H]1CCCNC1=O)NC(=O)[C@H](Cc1ccccc1)NC(=O)c1cc2ccccc2o1. The van der Waals surface area contributed by atoms with E-state index in [1.807, 2.05) is 42.5 Å². The van der Waals surface area contributed by atoms with Crippen molar-refractivity contribution in [3.63, 3.8) is 0 Å². The summed E-state index contributed by atoms with van der Waals surface area (Å²) in [4.78, 5) is 66.2. The monoisotopic (exact) mass is 586 g/mol. The molecule has 5 rings (SSSR count). The molecule has 0 unspecified atom stereocenters. The Hall–Kier alpha value is -4.47. The molecule has 4 amide bonds. The highest BCUT2D eigenvalue weighted by Gasteiger charge is 2.35. The predicted octanol–water partition coefficient (Wildman–Crippen LogP) is 3.19. The summed E-state index contributed by atoms with van der Waals surface area (Å²) in [6.45, 7) is 0.551. The average Bonchev–Trinajstić information content (AvgIpc) is 3.47. The van der Waals surface area contributed by atoms with Crippen molar-refractivity contribution in [3.05, 3.63) is 72.0 Å². The molecule has 3 aromatic rings. The summed E-state index contributed by atoms with van der Waals surface area (Å²) in [6.07, 6.45) is 6.07. The number of hydrogen-bond acceptors (Lipinski definition) is 6. The summed E-state index contributed by atoms with van der Waals surface area (Å²) in [5, 5.41) is 11.9. The van der Waals surface area contributed by atoms with Gasteiger partial charge in [-0.2, -0.15) is 0 Å². The van der Waals surface area contributed by atoms with E-state index in [2.05, 4.69) is 21.3 Å². The van der Waals surface area contributed by atoms with E-state index in [0.29, 0.717) is 18.5 Å². The molecular formula is C33H38N4O6.